The first kappa shape index (κ1) is 18.9. The normalized spacial score (nSPS) is 13.0. The molecule has 7 nitrogen and oxygen atoms in total. The Kier molecular flexibility index (Phi) is 4.84. The van der Waals surface area contributed by atoms with E-state index in [-0.39, 0.29) is 17.5 Å². The van der Waals surface area contributed by atoms with Crippen LogP contribution in [-0.2, 0) is 13.0 Å². The van der Waals surface area contributed by atoms with Gasteiger partial charge in [-0.2, -0.15) is 0 Å². The maximum absolute atomic E-state index is 12.8. The fraction of sp³-hybridized carbons (Fsp3) is 0.125. The van der Waals surface area contributed by atoms with E-state index >= 15 is 0 Å². The van der Waals surface area contributed by atoms with Crippen molar-refractivity contribution < 1.29 is 18.5 Å². The lowest BCUT2D eigenvalue weighted by Gasteiger charge is -2.29. The number of carbonyl (C=O) groups is 2. The molecule has 0 saturated heterocycles. The van der Waals surface area contributed by atoms with Gasteiger partial charge in [0.05, 0.1) is 6.26 Å². The fourth-order valence-corrected chi connectivity index (χ4v) is 3.68. The summed E-state index contributed by atoms with van der Waals surface area (Å²) in [4.78, 5) is 27.2. The third kappa shape index (κ3) is 3.85. The van der Waals surface area contributed by atoms with Gasteiger partial charge in [-0.25, -0.2) is 0 Å². The molecule has 0 bridgehead atoms. The lowest BCUT2D eigenvalue weighted by molar-refractivity contribution is 0.0734. The summed E-state index contributed by atoms with van der Waals surface area (Å²) in [6.07, 6.45) is 2.30. The first-order valence-corrected chi connectivity index (χ1v) is 9.95. The number of amides is 2. The van der Waals surface area contributed by atoms with E-state index < -0.39 is 0 Å². The first-order chi connectivity index (χ1) is 15.2. The highest BCUT2D eigenvalue weighted by molar-refractivity contribution is 6.03. The fourth-order valence-electron chi connectivity index (χ4n) is 3.68. The van der Waals surface area contributed by atoms with Crippen molar-refractivity contribution in [3.05, 3.63) is 95.4 Å². The number of furan rings is 1. The summed E-state index contributed by atoms with van der Waals surface area (Å²) in [6, 6.07) is 20.0. The molecule has 0 fully saturated rings. The summed E-state index contributed by atoms with van der Waals surface area (Å²) >= 11 is 0. The van der Waals surface area contributed by atoms with Gasteiger partial charge in [0.2, 0.25) is 5.76 Å². The summed E-state index contributed by atoms with van der Waals surface area (Å²) in [6.45, 7) is 1.17. The van der Waals surface area contributed by atoms with Gasteiger partial charge in [-0.05, 0) is 53.9 Å². The highest BCUT2D eigenvalue weighted by atomic mass is 16.5. The van der Waals surface area contributed by atoms with Gasteiger partial charge in [0.1, 0.15) is 0 Å². The Labute approximate surface area is 178 Å². The predicted molar refractivity (Wildman–Crippen MR) is 113 cm³/mol. The second kappa shape index (κ2) is 7.95. The molecule has 5 rings (SSSR count). The number of fused-ring (bicyclic) bond motifs is 1. The van der Waals surface area contributed by atoms with Crippen molar-refractivity contribution in [1.29, 1.82) is 0 Å². The number of nitrogens with zero attached hydrogens (tertiary/aromatic N) is 2. The van der Waals surface area contributed by atoms with E-state index in [9.17, 15) is 9.59 Å². The summed E-state index contributed by atoms with van der Waals surface area (Å²) < 4.78 is 10.4. The zero-order valence-electron chi connectivity index (χ0n) is 16.6. The lowest BCUT2D eigenvalue weighted by Crippen LogP contribution is -2.36. The average molecular weight is 413 g/mol. The molecular weight excluding hydrogens is 394 g/mol. The van der Waals surface area contributed by atoms with Crippen molar-refractivity contribution in [2.45, 2.75) is 13.0 Å². The Morgan fingerprint density at radius 2 is 1.81 bits per heavy atom. The molecule has 2 aromatic heterocycles. The van der Waals surface area contributed by atoms with Crippen LogP contribution in [0, 0.1) is 0 Å². The number of anilines is 1. The van der Waals surface area contributed by atoms with Crippen LogP contribution in [0.25, 0.3) is 11.5 Å². The van der Waals surface area contributed by atoms with Gasteiger partial charge in [-0.3, -0.25) is 9.59 Å². The molecule has 4 aromatic rings. The van der Waals surface area contributed by atoms with Crippen LogP contribution < -0.4 is 5.32 Å². The van der Waals surface area contributed by atoms with Gasteiger partial charge in [0.15, 0.2) is 11.5 Å². The van der Waals surface area contributed by atoms with E-state index in [1.165, 1.54) is 17.9 Å². The smallest absolute Gasteiger partial charge is 0.277 e. The van der Waals surface area contributed by atoms with Crippen LogP contribution in [0.1, 0.15) is 32.0 Å². The van der Waals surface area contributed by atoms with Crippen molar-refractivity contribution in [1.82, 2.24) is 10.1 Å². The van der Waals surface area contributed by atoms with Gasteiger partial charge in [0.25, 0.3) is 11.8 Å². The molecule has 1 aliphatic rings. The van der Waals surface area contributed by atoms with E-state index in [1.54, 1.807) is 12.1 Å². The maximum atomic E-state index is 12.8. The SMILES string of the molecule is O=C(Nc1ccc2c(c1)CN(C(=O)c1ccccc1)CC2)c1cc(-c2ccco2)on1. The highest BCUT2D eigenvalue weighted by Gasteiger charge is 2.22. The molecular formula is C24H19N3O4. The summed E-state index contributed by atoms with van der Waals surface area (Å²) in [7, 11) is 0. The monoisotopic (exact) mass is 413 g/mol. The van der Waals surface area contributed by atoms with Crippen molar-refractivity contribution in [2.24, 2.45) is 0 Å². The minimum absolute atomic E-state index is 0.00809. The zero-order valence-corrected chi connectivity index (χ0v) is 16.6. The number of nitrogens with one attached hydrogen (secondary N) is 1. The molecule has 154 valence electrons. The van der Waals surface area contributed by atoms with E-state index in [2.05, 4.69) is 10.5 Å². The van der Waals surface area contributed by atoms with Gasteiger partial charge >= 0.3 is 0 Å². The molecule has 0 unspecified atom stereocenters. The summed E-state index contributed by atoms with van der Waals surface area (Å²) in [5.41, 5.74) is 3.67. The molecule has 2 amide bonds. The summed E-state index contributed by atoms with van der Waals surface area (Å²) in [5, 5.41) is 6.67. The Bertz CT molecular complexity index is 1230. The Morgan fingerprint density at radius 1 is 0.935 bits per heavy atom. The molecule has 0 atom stereocenters. The van der Waals surface area contributed by atoms with Gasteiger partial charge in [-0.15, -0.1) is 0 Å². The topological polar surface area (TPSA) is 88.6 Å². The number of hydrogen-bond acceptors (Lipinski definition) is 5. The summed E-state index contributed by atoms with van der Waals surface area (Å²) in [5.74, 6) is 0.516. The van der Waals surface area contributed by atoms with Gasteiger partial charge in [-0.1, -0.05) is 29.4 Å². The van der Waals surface area contributed by atoms with Crippen LogP contribution in [0.15, 0.2) is 81.9 Å². The molecule has 0 spiro atoms. The van der Waals surface area contributed by atoms with Crippen LogP contribution in [0.4, 0.5) is 5.69 Å². The number of hydrogen-bond donors (Lipinski definition) is 1. The molecule has 2 aromatic carbocycles. The molecule has 31 heavy (non-hydrogen) atoms. The van der Waals surface area contributed by atoms with Gasteiger partial charge in [0, 0.05) is 30.4 Å². The van der Waals surface area contributed by atoms with Gasteiger partial charge < -0.3 is 19.2 Å². The largest absolute Gasteiger partial charge is 0.461 e. The van der Waals surface area contributed by atoms with E-state index in [4.69, 9.17) is 8.94 Å². The molecule has 0 aliphatic carbocycles. The molecule has 1 N–H and O–H groups in total. The van der Waals surface area contributed by atoms with E-state index in [0.717, 1.165) is 12.0 Å². The number of aromatic nitrogens is 1. The van der Waals surface area contributed by atoms with Crippen LogP contribution >= 0.6 is 0 Å². The highest BCUT2D eigenvalue weighted by Crippen LogP contribution is 2.25. The van der Waals surface area contributed by atoms with Crippen LogP contribution in [0.3, 0.4) is 0 Å². The quantitative estimate of drug-likeness (QED) is 0.536. The Balaban J connectivity index is 1.30. The molecule has 7 heteroatoms. The molecule has 1 aliphatic heterocycles. The molecule has 0 radical (unpaired) electrons. The number of benzene rings is 2. The predicted octanol–water partition coefficient (Wildman–Crippen LogP) is 4.39. The van der Waals surface area contributed by atoms with Crippen molar-refractivity contribution >= 4 is 17.5 Å². The van der Waals surface area contributed by atoms with Crippen molar-refractivity contribution in [2.75, 3.05) is 11.9 Å². The minimum Gasteiger partial charge on any atom is -0.461 e. The zero-order chi connectivity index (χ0) is 21.2. The standard InChI is InChI=1S/C24H19N3O4/c28-23(20-14-22(31-26-20)21-7-4-12-30-21)25-19-9-8-16-10-11-27(15-18(16)13-19)24(29)17-5-2-1-3-6-17/h1-9,12-14H,10-11,15H2,(H,25,28). The second-order valence-corrected chi connectivity index (χ2v) is 7.33. The van der Waals surface area contributed by atoms with E-state index in [0.29, 0.717) is 35.9 Å². The van der Waals surface area contributed by atoms with E-state index in [1.807, 2.05) is 53.4 Å². The van der Waals surface area contributed by atoms with Crippen molar-refractivity contribution in [3.63, 3.8) is 0 Å². The van der Waals surface area contributed by atoms with Crippen LogP contribution in [-0.4, -0.2) is 28.4 Å². The third-order valence-corrected chi connectivity index (χ3v) is 5.29. The molecule has 3 heterocycles. The first-order valence-electron chi connectivity index (χ1n) is 9.95. The van der Waals surface area contributed by atoms with Crippen molar-refractivity contribution in [3.8, 4) is 11.5 Å². The number of carbonyl (C=O) groups excluding carboxylic acids is 2. The van der Waals surface area contributed by atoms with Crippen LogP contribution in [0.5, 0.6) is 0 Å². The minimum atomic E-state index is -0.380. The van der Waals surface area contributed by atoms with Crippen LogP contribution in [0.2, 0.25) is 0 Å². The maximum Gasteiger partial charge on any atom is 0.277 e. The third-order valence-electron chi connectivity index (χ3n) is 5.29. The number of rotatable bonds is 4. The average Bonchev–Trinajstić information content (AvgIpc) is 3.51. The lowest BCUT2D eigenvalue weighted by atomic mass is 9.98. The molecule has 0 saturated carbocycles. The Morgan fingerprint density at radius 3 is 2.61 bits per heavy atom. The Hall–Kier alpha value is -4.13. The second-order valence-electron chi connectivity index (χ2n) is 7.33.